The quantitative estimate of drug-likeness (QED) is 0.435. The molecule has 164 valence electrons. The second-order valence-electron chi connectivity index (χ2n) is 7.67. The van der Waals surface area contributed by atoms with Crippen LogP contribution in [0, 0.1) is 68.1 Å². The Morgan fingerprint density at radius 3 is 2.62 bits per heavy atom. The maximum Gasteiger partial charge on any atom is 2.00 e. The van der Waals surface area contributed by atoms with E-state index >= 15 is 0 Å². The first-order valence-electron chi connectivity index (χ1n) is 10.4. The first-order chi connectivity index (χ1) is 15.1. The second kappa shape index (κ2) is 11.3. The summed E-state index contributed by atoms with van der Waals surface area (Å²) in [6, 6.07) is 11.2. The number of hydrogen-bond acceptors (Lipinski definition) is 6. The van der Waals surface area contributed by atoms with Crippen LogP contribution < -0.4 is 10.1 Å². The molecule has 2 heterocycles. The van der Waals surface area contributed by atoms with Crippen molar-refractivity contribution in [3.63, 3.8) is 0 Å². The van der Waals surface area contributed by atoms with Crippen molar-refractivity contribution in [2.24, 2.45) is 11.8 Å². The molecular formula is C24H25N3O4U. The summed E-state index contributed by atoms with van der Waals surface area (Å²) in [5.74, 6) is 0.889. The first-order valence-corrected chi connectivity index (χ1v) is 10.4. The van der Waals surface area contributed by atoms with Crippen LogP contribution in [-0.4, -0.2) is 36.5 Å². The fourth-order valence-corrected chi connectivity index (χ4v) is 3.68. The van der Waals surface area contributed by atoms with Gasteiger partial charge in [-0.25, -0.2) is 4.98 Å². The Balaban J connectivity index is 0.00000289. The summed E-state index contributed by atoms with van der Waals surface area (Å²) in [5.41, 5.74) is 2.11. The summed E-state index contributed by atoms with van der Waals surface area (Å²) >= 11 is 0. The van der Waals surface area contributed by atoms with Gasteiger partial charge >= 0.3 is 31.1 Å². The number of ether oxygens (including phenoxy) is 3. The molecule has 4 rings (SSSR count). The van der Waals surface area contributed by atoms with Gasteiger partial charge in [-0.05, 0) is 41.8 Å². The molecule has 1 saturated heterocycles. The largest absolute Gasteiger partial charge is 2.00 e. The molecule has 1 aliphatic carbocycles. The van der Waals surface area contributed by atoms with Gasteiger partial charge in [0.25, 0.3) is 0 Å². The Bertz CT molecular complexity index is 983. The number of aromatic nitrogens is 1. The molecule has 0 bridgehead atoms. The van der Waals surface area contributed by atoms with Gasteiger partial charge in [0.1, 0.15) is 17.6 Å². The first kappa shape index (κ1) is 24.7. The summed E-state index contributed by atoms with van der Waals surface area (Å²) in [6.45, 7) is 8.86. The Morgan fingerprint density at radius 1 is 1.22 bits per heavy atom. The molecule has 32 heavy (non-hydrogen) atoms. The summed E-state index contributed by atoms with van der Waals surface area (Å²) < 4.78 is 16.8. The molecule has 2 aliphatic rings. The minimum absolute atomic E-state index is 0. The summed E-state index contributed by atoms with van der Waals surface area (Å²) in [6.07, 6.45) is 3.13. The van der Waals surface area contributed by atoms with Gasteiger partial charge in [0.15, 0.2) is 6.29 Å². The van der Waals surface area contributed by atoms with Crippen LogP contribution in [0.5, 0.6) is 5.75 Å². The van der Waals surface area contributed by atoms with Crippen molar-refractivity contribution in [3.05, 3.63) is 55.9 Å². The minimum atomic E-state index is -0.272. The van der Waals surface area contributed by atoms with Crippen LogP contribution >= 0.6 is 0 Å². The zero-order valence-electron chi connectivity index (χ0n) is 17.8. The predicted molar refractivity (Wildman–Crippen MR) is 115 cm³/mol. The third-order valence-electron chi connectivity index (χ3n) is 5.56. The van der Waals surface area contributed by atoms with Gasteiger partial charge in [0.2, 0.25) is 5.91 Å². The van der Waals surface area contributed by atoms with Crippen molar-refractivity contribution in [1.29, 1.82) is 5.26 Å². The van der Waals surface area contributed by atoms with E-state index in [1.807, 2.05) is 12.1 Å². The van der Waals surface area contributed by atoms with Crippen molar-refractivity contribution in [2.75, 3.05) is 18.5 Å². The third-order valence-corrected chi connectivity index (χ3v) is 5.56. The molecule has 2 aromatic rings. The van der Waals surface area contributed by atoms with E-state index in [2.05, 4.69) is 30.2 Å². The van der Waals surface area contributed by atoms with Gasteiger partial charge in [-0.3, -0.25) is 4.79 Å². The SMILES string of the molecule is [CH2-]CC(C[CH2-])Oc1ccc(-c2ccnc(NC(=O)[C@@H]3C[C@H]3C3OCCO3)c2)cc1C#N.[U+2]. The van der Waals surface area contributed by atoms with E-state index in [1.54, 1.807) is 24.4 Å². The normalized spacial score (nSPS) is 19.8. The van der Waals surface area contributed by atoms with Crippen LogP contribution in [0.1, 0.15) is 24.8 Å². The fourth-order valence-electron chi connectivity index (χ4n) is 3.68. The van der Waals surface area contributed by atoms with E-state index in [9.17, 15) is 10.1 Å². The number of benzene rings is 1. The summed E-state index contributed by atoms with van der Waals surface area (Å²) in [7, 11) is 0. The molecule has 1 N–H and O–H groups in total. The molecule has 2 atom stereocenters. The topological polar surface area (TPSA) is 93.5 Å². The van der Waals surface area contributed by atoms with E-state index < -0.39 is 0 Å². The Kier molecular flexibility index (Phi) is 8.73. The van der Waals surface area contributed by atoms with Gasteiger partial charge in [-0.1, -0.05) is 6.07 Å². The Hall–Kier alpha value is -1.90. The van der Waals surface area contributed by atoms with Crippen molar-refractivity contribution in [1.82, 2.24) is 4.98 Å². The van der Waals surface area contributed by atoms with Crippen molar-refractivity contribution in [3.8, 4) is 22.9 Å². The molecule has 7 nitrogen and oxygen atoms in total. The molecule has 1 aromatic carbocycles. The maximum atomic E-state index is 12.6. The van der Waals surface area contributed by atoms with Gasteiger partial charge in [-0.15, -0.1) is 12.8 Å². The Labute approximate surface area is 212 Å². The second-order valence-corrected chi connectivity index (χ2v) is 7.67. The number of nitrogens with zero attached hydrogens (tertiary/aromatic N) is 2. The van der Waals surface area contributed by atoms with Crippen molar-refractivity contribution < 1.29 is 50.1 Å². The molecule has 1 amide bonds. The number of amides is 1. The van der Waals surface area contributed by atoms with E-state index in [0.717, 1.165) is 17.5 Å². The molecule has 1 aliphatic heterocycles. The van der Waals surface area contributed by atoms with E-state index in [4.69, 9.17) is 14.2 Å². The van der Waals surface area contributed by atoms with Crippen LogP contribution in [0.4, 0.5) is 5.82 Å². The fraction of sp³-hybridized carbons (Fsp3) is 0.375. The Morgan fingerprint density at radius 2 is 1.94 bits per heavy atom. The number of carbonyl (C=O) groups is 1. The zero-order valence-corrected chi connectivity index (χ0v) is 21.9. The average Bonchev–Trinajstić information content (AvgIpc) is 3.42. The molecule has 0 spiro atoms. The monoisotopic (exact) mass is 657 g/mol. The zero-order chi connectivity index (χ0) is 21.8. The van der Waals surface area contributed by atoms with Crippen LogP contribution in [-0.2, 0) is 14.3 Å². The molecule has 1 aromatic heterocycles. The molecule has 0 unspecified atom stereocenters. The van der Waals surface area contributed by atoms with Gasteiger partial charge < -0.3 is 33.4 Å². The number of nitriles is 1. The molecule has 8 heteroatoms. The number of hydrogen-bond donors (Lipinski definition) is 1. The van der Waals surface area contributed by atoms with Crippen molar-refractivity contribution in [2.45, 2.75) is 31.7 Å². The number of nitrogens with one attached hydrogen (secondary N) is 1. The van der Waals surface area contributed by atoms with Crippen LogP contribution in [0.2, 0.25) is 0 Å². The molecule has 2 fully saturated rings. The van der Waals surface area contributed by atoms with Gasteiger partial charge in [0.05, 0.1) is 18.8 Å². The van der Waals surface area contributed by atoms with Crippen LogP contribution in [0.3, 0.4) is 0 Å². The van der Waals surface area contributed by atoms with E-state index in [-0.39, 0.29) is 61.3 Å². The summed E-state index contributed by atoms with van der Waals surface area (Å²) in [5, 5.41) is 12.4. The number of rotatable bonds is 8. The van der Waals surface area contributed by atoms with Crippen LogP contribution in [0.25, 0.3) is 11.1 Å². The molecule has 0 radical (unpaired) electrons. The minimum Gasteiger partial charge on any atom is -0.494 e. The summed E-state index contributed by atoms with van der Waals surface area (Å²) in [4.78, 5) is 16.8. The van der Waals surface area contributed by atoms with Crippen molar-refractivity contribution >= 4 is 11.7 Å². The standard InChI is InChI=1S/C24H25N3O4.U/c1-3-18(4-2)31-21-6-5-15(11-17(21)14-25)16-7-8-26-22(12-16)27-23(28)19-13-20(19)24-29-9-10-30-24;/h5-8,11-12,18-20,24H,1-4,9-10,13H2,(H,26,27,28);/q-2;+2/t19-,20-;/m1./s1. The number of carbonyl (C=O) groups excluding carboxylic acids is 1. The predicted octanol–water partition coefficient (Wildman–Crippen LogP) is 3.76. The molecule has 1 saturated carbocycles. The van der Waals surface area contributed by atoms with Gasteiger partial charge in [-0.2, -0.15) is 5.26 Å². The van der Waals surface area contributed by atoms with Crippen LogP contribution in [0.15, 0.2) is 36.5 Å². The smallest absolute Gasteiger partial charge is 0.494 e. The third kappa shape index (κ3) is 5.71. The van der Waals surface area contributed by atoms with E-state index in [0.29, 0.717) is 43.2 Å². The average molecular weight is 658 g/mol. The van der Waals surface area contributed by atoms with E-state index in [1.165, 1.54) is 0 Å². The number of pyridine rings is 1. The van der Waals surface area contributed by atoms with Gasteiger partial charge in [0, 0.05) is 24.1 Å². The maximum absolute atomic E-state index is 12.6. The molecular weight excluding hydrogens is 632 g/mol. The number of anilines is 1.